The lowest BCUT2D eigenvalue weighted by atomic mass is 10.5. The zero-order valence-corrected chi connectivity index (χ0v) is 10.7. The van der Waals surface area contributed by atoms with Gasteiger partial charge in [0.15, 0.2) is 11.2 Å². The number of fused-ring (bicyclic) bond motifs is 1. The summed E-state index contributed by atoms with van der Waals surface area (Å²) in [5.41, 5.74) is 0.538. The van der Waals surface area contributed by atoms with Crippen LogP contribution in [0, 0.1) is 0 Å². The van der Waals surface area contributed by atoms with Gasteiger partial charge in [-0.1, -0.05) is 0 Å². The lowest BCUT2D eigenvalue weighted by Gasteiger charge is -1.98. The van der Waals surface area contributed by atoms with E-state index in [1.165, 1.54) is 30.2 Å². The predicted molar refractivity (Wildman–Crippen MR) is 65.8 cm³/mol. The van der Waals surface area contributed by atoms with Crippen LogP contribution in [0.1, 0.15) is 16.9 Å². The highest BCUT2D eigenvalue weighted by atomic mass is 32.2. The number of hydrogen-bond acceptors (Lipinski definition) is 6. The van der Waals surface area contributed by atoms with Crippen LogP contribution in [0.25, 0.3) is 4.96 Å². The Hall–Kier alpha value is -1.34. The molecule has 2 aromatic heterocycles. The molecule has 2 heterocycles. The summed E-state index contributed by atoms with van der Waals surface area (Å²) in [6.45, 7) is 0. The van der Waals surface area contributed by atoms with Gasteiger partial charge >= 0.3 is 5.97 Å². The second kappa shape index (κ2) is 5.33. The van der Waals surface area contributed by atoms with Gasteiger partial charge in [-0.25, -0.2) is 4.98 Å². The number of thioether (sulfide) groups is 1. The van der Waals surface area contributed by atoms with E-state index in [-0.39, 0.29) is 5.97 Å². The molecular weight excluding hydrogens is 260 g/mol. The number of methoxy groups -OCH3 is 1. The molecule has 7 heteroatoms. The first-order chi connectivity index (χ1) is 8.26. The monoisotopic (exact) mass is 270 g/mol. The van der Waals surface area contributed by atoms with Crippen molar-refractivity contribution in [2.75, 3.05) is 12.9 Å². The number of thiazole rings is 1. The Morgan fingerprint density at radius 1 is 1.71 bits per heavy atom. The molecule has 0 atom stereocenters. The summed E-state index contributed by atoms with van der Waals surface area (Å²) in [4.78, 5) is 27.1. The molecule has 0 bridgehead atoms. The molecule has 90 valence electrons. The molecule has 0 spiro atoms. The molecule has 0 unspecified atom stereocenters. The molecule has 0 fully saturated rings. The van der Waals surface area contributed by atoms with Crippen LogP contribution in [0.5, 0.6) is 0 Å². The van der Waals surface area contributed by atoms with Crippen LogP contribution in [0.15, 0.2) is 16.6 Å². The van der Waals surface area contributed by atoms with Crippen molar-refractivity contribution in [1.82, 2.24) is 9.38 Å². The standard InChI is InChI=1S/C10H10N2O3S2/c1-15-8(14)2-4-16-9-7(6-13)12-3-5-17-10(12)11-9/h3,5-6H,2,4H2,1H3. The first kappa shape index (κ1) is 12.1. The molecule has 0 amide bonds. The SMILES string of the molecule is COC(=O)CCSc1nc2sccn2c1C=O. The molecule has 2 aromatic rings. The number of carbonyl (C=O) groups is 2. The maximum atomic E-state index is 11.0. The molecule has 0 aliphatic rings. The van der Waals surface area contributed by atoms with Crippen molar-refractivity contribution >= 4 is 40.3 Å². The number of aromatic nitrogens is 2. The van der Waals surface area contributed by atoms with Crippen molar-refractivity contribution in [3.05, 3.63) is 17.3 Å². The molecule has 0 aliphatic carbocycles. The molecule has 17 heavy (non-hydrogen) atoms. The van der Waals surface area contributed by atoms with Crippen molar-refractivity contribution in [2.45, 2.75) is 11.4 Å². The van der Waals surface area contributed by atoms with Crippen LogP contribution < -0.4 is 0 Å². The van der Waals surface area contributed by atoms with Gasteiger partial charge < -0.3 is 4.74 Å². The average Bonchev–Trinajstić information content (AvgIpc) is 2.88. The number of carbonyl (C=O) groups excluding carboxylic acids is 2. The highest BCUT2D eigenvalue weighted by Crippen LogP contribution is 2.25. The third-order valence-electron chi connectivity index (χ3n) is 2.15. The molecule has 0 radical (unpaired) electrons. The van der Waals surface area contributed by atoms with Gasteiger partial charge in [-0.05, 0) is 0 Å². The fraction of sp³-hybridized carbons (Fsp3) is 0.300. The van der Waals surface area contributed by atoms with Crippen LogP contribution in [-0.4, -0.2) is 34.5 Å². The Kier molecular flexibility index (Phi) is 3.80. The van der Waals surface area contributed by atoms with Gasteiger partial charge in [0.25, 0.3) is 0 Å². The fourth-order valence-corrected chi connectivity index (χ4v) is 3.02. The van der Waals surface area contributed by atoms with E-state index in [0.29, 0.717) is 22.9 Å². The van der Waals surface area contributed by atoms with E-state index in [2.05, 4.69) is 9.72 Å². The molecule has 0 N–H and O–H groups in total. The summed E-state index contributed by atoms with van der Waals surface area (Å²) >= 11 is 2.86. The number of hydrogen-bond donors (Lipinski definition) is 0. The lowest BCUT2D eigenvalue weighted by molar-refractivity contribution is -0.140. The Bertz CT molecular complexity index is 547. The zero-order chi connectivity index (χ0) is 12.3. The first-order valence-corrected chi connectivity index (χ1v) is 6.73. The van der Waals surface area contributed by atoms with E-state index in [4.69, 9.17) is 0 Å². The number of ether oxygens (including phenoxy) is 1. The van der Waals surface area contributed by atoms with E-state index >= 15 is 0 Å². The minimum Gasteiger partial charge on any atom is -0.469 e. The second-order valence-electron chi connectivity index (χ2n) is 3.15. The maximum absolute atomic E-state index is 11.0. The van der Waals surface area contributed by atoms with Gasteiger partial charge in [0, 0.05) is 17.3 Å². The number of aldehydes is 1. The maximum Gasteiger partial charge on any atom is 0.306 e. The zero-order valence-electron chi connectivity index (χ0n) is 9.08. The van der Waals surface area contributed by atoms with Crippen LogP contribution in [0.4, 0.5) is 0 Å². The second-order valence-corrected chi connectivity index (χ2v) is 5.11. The van der Waals surface area contributed by atoms with Crippen LogP contribution in [0.2, 0.25) is 0 Å². The third-order valence-corrected chi connectivity index (χ3v) is 3.89. The van der Waals surface area contributed by atoms with Crippen LogP contribution >= 0.6 is 23.1 Å². The van der Waals surface area contributed by atoms with Gasteiger partial charge in [0.2, 0.25) is 0 Å². The largest absolute Gasteiger partial charge is 0.469 e. The number of rotatable bonds is 5. The summed E-state index contributed by atoms with van der Waals surface area (Å²) in [5, 5.41) is 2.54. The van der Waals surface area contributed by atoms with Gasteiger partial charge in [-0.15, -0.1) is 23.1 Å². The summed E-state index contributed by atoms with van der Waals surface area (Å²) in [5.74, 6) is 0.296. The van der Waals surface area contributed by atoms with E-state index in [1.807, 2.05) is 5.38 Å². The van der Waals surface area contributed by atoms with Crippen molar-refractivity contribution in [1.29, 1.82) is 0 Å². The topological polar surface area (TPSA) is 60.7 Å². The third kappa shape index (κ3) is 2.50. The molecule has 0 aromatic carbocycles. The van der Waals surface area contributed by atoms with Crippen molar-refractivity contribution < 1.29 is 14.3 Å². The van der Waals surface area contributed by atoms with Gasteiger partial charge in [-0.3, -0.25) is 14.0 Å². The smallest absolute Gasteiger partial charge is 0.306 e. The normalized spacial score (nSPS) is 10.6. The first-order valence-electron chi connectivity index (χ1n) is 4.86. The Balaban J connectivity index is 2.10. The van der Waals surface area contributed by atoms with Crippen molar-refractivity contribution in [2.24, 2.45) is 0 Å². The quantitative estimate of drug-likeness (QED) is 0.471. The summed E-state index contributed by atoms with van der Waals surface area (Å²) in [6.07, 6.45) is 2.90. The summed E-state index contributed by atoms with van der Waals surface area (Å²) in [7, 11) is 1.36. The highest BCUT2D eigenvalue weighted by molar-refractivity contribution is 7.99. The Morgan fingerprint density at radius 3 is 3.24 bits per heavy atom. The van der Waals surface area contributed by atoms with Crippen LogP contribution in [0.3, 0.4) is 0 Å². The van der Waals surface area contributed by atoms with E-state index < -0.39 is 0 Å². The molecular formula is C10H10N2O3S2. The highest BCUT2D eigenvalue weighted by Gasteiger charge is 2.13. The minimum absolute atomic E-state index is 0.258. The number of esters is 1. The van der Waals surface area contributed by atoms with E-state index in [1.54, 1.807) is 10.6 Å². The number of imidazole rings is 1. The van der Waals surface area contributed by atoms with Crippen LogP contribution in [-0.2, 0) is 9.53 Å². The van der Waals surface area contributed by atoms with Gasteiger partial charge in [-0.2, -0.15) is 0 Å². The predicted octanol–water partition coefficient (Wildman–Crippen LogP) is 1.86. The van der Waals surface area contributed by atoms with Crippen molar-refractivity contribution in [3.8, 4) is 0 Å². The number of nitrogens with zero attached hydrogens (tertiary/aromatic N) is 2. The molecule has 0 aliphatic heterocycles. The lowest BCUT2D eigenvalue weighted by Crippen LogP contribution is -2.01. The van der Waals surface area contributed by atoms with Gasteiger partial charge in [0.1, 0.15) is 10.7 Å². The van der Waals surface area contributed by atoms with Crippen molar-refractivity contribution in [3.63, 3.8) is 0 Å². The Morgan fingerprint density at radius 2 is 2.53 bits per heavy atom. The molecule has 0 saturated heterocycles. The molecule has 0 saturated carbocycles. The molecule has 5 nitrogen and oxygen atoms in total. The summed E-state index contributed by atoms with van der Waals surface area (Å²) < 4.78 is 6.29. The average molecular weight is 270 g/mol. The fourth-order valence-electron chi connectivity index (χ4n) is 1.33. The van der Waals surface area contributed by atoms with E-state index in [9.17, 15) is 9.59 Å². The van der Waals surface area contributed by atoms with Gasteiger partial charge in [0.05, 0.1) is 13.5 Å². The minimum atomic E-state index is -0.258. The van der Waals surface area contributed by atoms with E-state index in [0.717, 1.165) is 11.2 Å². The Labute approximate surface area is 106 Å². The molecule has 2 rings (SSSR count). The summed E-state index contributed by atoms with van der Waals surface area (Å²) in [6, 6.07) is 0.